The predicted molar refractivity (Wildman–Crippen MR) is 83.3 cm³/mol. The molecular weight excluding hydrogens is 404 g/mol. The van der Waals surface area contributed by atoms with Crippen molar-refractivity contribution in [3.8, 4) is 0 Å². The van der Waals surface area contributed by atoms with Crippen LogP contribution in [0.1, 0.15) is 29.9 Å². The summed E-state index contributed by atoms with van der Waals surface area (Å²) in [4.78, 5) is 3.65. The van der Waals surface area contributed by atoms with E-state index in [2.05, 4.69) is 59.6 Å². The first-order valence-corrected chi connectivity index (χ1v) is 10.0. The van der Waals surface area contributed by atoms with Crippen LogP contribution < -0.4 is 28.2 Å². The molecule has 1 fully saturated rings. The molecule has 1 heterocycles. The van der Waals surface area contributed by atoms with Crippen LogP contribution in [0.5, 0.6) is 0 Å². The number of nitrogens with one attached hydrogen (secondary N) is 1. The summed E-state index contributed by atoms with van der Waals surface area (Å²) in [6.45, 7) is 0. The molecule has 2 aromatic carbocycles. The second kappa shape index (κ2) is 6.59. The monoisotopic (exact) mass is 417 g/mol. The maximum atomic E-state index is 3.65. The van der Waals surface area contributed by atoms with E-state index < -0.39 is 23.2 Å². The minimum absolute atomic E-state index is 0. The molecule has 2 aliphatic rings. The van der Waals surface area contributed by atoms with E-state index in [-0.39, 0.29) is 24.8 Å². The van der Waals surface area contributed by atoms with Crippen molar-refractivity contribution in [1.29, 1.82) is 0 Å². The number of H-pyrrole nitrogens is 1. The van der Waals surface area contributed by atoms with Crippen LogP contribution in [0.25, 0.3) is 14.2 Å². The molecule has 1 aromatic heterocycles. The van der Waals surface area contributed by atoms with Crippen LogP contribution >= 0.6 is 0 Å². The van der Waals surface area contributed by atoms with Crippen molar-refractivity contribution in [3.63, 3.8) is 0 Å². The summed E-state index contributed by atoms with van der Waals surface area (Å²) in [6.07, 6.45) is 2.69. The summed E-state index contributed by atoms with van der Waals surface area (Å²) in [7, 11) is 0. The molecule has 1 saturated carbocycles. The van der Waals surface area contributed by atoms with E-state index in [1.54, 1.807) is 20.0 Å². The number of rotatable bonds is 2. The van der Waals surface area contributed by atoms with Crippen LogP contribution in [0.2, 0.25) is 0 Å². The third kappa shape index (κ3) is 2.66. The van der Waals surface area contributed by atoms with Crippen molar-refractivity contribution in [2.24, 2.45) is 0 Å². The van der Waals surface area contributed by atoms with Gasteiger partial charge in [-0.25, -0.2) is 0 Å². The Morgan fingerprint density at radius 3 is 2.52 bits per heavy atom. The van der Waals surface area contributed by atoms with Gasteiger partial charge >= 0.3 is 136 Å². The van der Waals surface area contributed by atoms with Crippen molar-refractivity contribution in [2.75, 3.05) is 0 Å². The summed E-state index contributed by atoms with van der Waals surface area (Å²) >= 11 is -0.731. The molecule has 4 heteroatoms. The van der Waals surface area contributed by atoms with Crippen molar-refractivity contribution in [1.82, 2.24) is 4.98 Å². The van der Waals surface area contributed by atoms with Gasteiger partial charge in [0.2, 0.25) is 0 Å². The molecule has 1 atom stereocenters. The number of allylic oxidation sites excluding steroid dienone is 1. The van der Waals surface area contributed by atoms with Crippen molar-refractivity contribution < 1.29 is 48.0 Å². The number of benzene rings is 2. The molecule has 0 saturated heterocycles. The van der Waals surface area contributed by atoms with E-state index in [4.69, 9.17) is 0 Å². The zero-order valence-corrected chi connectivity index (χ0v) is 16.4. The number of fused-ring (bicyclic) bond motifs is 4. The van der Waals surface area contributed by atoms with Gasteiger partial charge in [0.1, 0.15) is 0 Å². The topological polar surface area (TPSA) is 15.8 Å². The summed E-state index contributed by atoms with van der Waals surface area (Å²) in [5.74, 6) is 0.765. The standard InChI is InChI=1S/C11H9.C8H6N.2ClH.Zr/c1-2-4-10-8(3-1)7-9-5-6-11(9)10;1-2-4-8-7(3-1)5-6-9-8;;;/h1-4,11H,5-6H2;1-5,9H;2*1H;/q;;;;+2/p-2. The van der Waals surface area contributed by atoms with E-state index in [0.29, 0.717) is 0 Å². The number of hydrogen-bond donors (Lipinski definition) is 1. The SMILES string of the molecule is [Cl-].[Cl-].c1ccc2c(c1)[C]([Zr+2][c]1cc3ccccc3[nH]1)=C1CCC12. The fourth-order valence-corrected chi connectivity index (χ4v) is 7.43. The Bertz CT molecular complexity index is 864. The van der Waals surface area contributed by atoms with Gasteiger partial charge < -0.3 is 24.8 Å². The molecule has 0 spiro atoms. The molecule has 0 bridgehead atoms. The average Bonchev–Trinajstić information content (AvgIpc) is 2.96. The summed E-state index contributed by atoms with van der Waals surface area (Å²) in [5, 5.41) is 1.36. The molecule has 0 aliphatic heterocycles. The molecule has 1 unspecified atom stereocenters. The Kier molecular flexibility index (Phi) is 4.88. The van der Waals surface area contributed by atoms with Crippen molar-refractivity contribution in [3.05, 3.63) is 71.3 Å². The van der Waals surface area contributed by atoms with Crippen LogP contribution in [0.4, 0.5) is 0 Å². The molecule has 1 nitrogen and oxygen atoms in total. The summed E-state index contributed by atoms with van der Waals surface area (Å²) in [5.41, 5.74) is 6.22. The first-order chi connectivity index (χ1) is 10.4. The second-order valence-electron chi connectivity index (χ2n) is 5.97. The third-order valence-corrected chi connectivity index (χ3v) is 8.23. The van der Waals surface area contributed by atoms with Gasteiger partial charge in [-0.2, -0.15) is 0 Å². The van der Waals surface area contributed by atoms with Crippen LogP contribution in [-0.4, -0.2) is 4.98 Å². The van der Waals surface area contributed by atoms with Crippen LogP contribution in [-0.2, 0) is 23.2 Å². The molecule has 23 heavy (non-hydrogen) atoms. The fraction of sp³-hybridized carbons (Fsp3) is 0.158. The van der Waals surface area contributed by atoms with Crippen molar-refractivity contribution >= 4 is 17.6 Å². The Morgan fingerprint density at radius 1 is 0.957 bits per heavy atom. The fourth-order valence-electron chi connectivity index (χ4n) is 3.70. The van der Waals surface area contributed by atoms with Gasteiger partial charge in [0, 0.05) is 0 Å². The first-order valence-electron chi connectivity index (χ1n) is 7.57. The zero-order valence-electron chi connectivity index (χ0n) is 12.4. The Balaban J connectivity index is 0.000000781. The van der Waals surface area contributed by atoms with E-state index in [1.165, 1.54) is 27.1 Å². The molecule has 3 aromatic rings. The molecule has 1 N–H and O–H groups in total. The van der Waals surface area contributed by atoms with E-state index in [1.807, 2.05) is 0 Å². The van der Waals surface area contributed by atoms with E-state index in [9.17, 15) is 0 Å². The Morgan fingerprint density at radius 2 is 1.74 bits per heavy atom. The minimum atomic E-state index is -0.731. The number of aromatic amines is 1. The zero-order chi connectivity index (χ0) is 13.8. The molecule has 2 aliphatic carbocycles. The van der Waals surface area contributed by atoms with Crippen LogP contribution in [0.15, 0.2) is 60.2 Å². The normalized spacial score (nSPS) is 17.5. The van der Waals surface area contributed by atoms with E-state index >= 15 is 0 Å². The Labute approximate surface area is 160 Å². The second-order valence-corrected chi connectivity index (χ2v) is 9.14. The molecular formula is C19H15Cl2NZr. The predicted octanol–water partition coefficient (Wildman–Crippen LogP) is -1.81. The average molecular weight is 419 g/mol. The van der Waals surface area contributed by atoms with Crippen LogP contribution in [0, 0.1) is 0 Å². The molecule has 0 radical (unpaired) electrons. The summed E-state index contributed by atoms with van der Waals surface area (Å²) < 4.78 is 3.25. The van der Waals surface area contributed by atoms with Gasteiger partial charge in [-0.05, 0) is 0 Å². The maximum absolute atomic E-state index is 3.65. The van der Waals surface area contributed by atoms with Gasteiger partial charge in [-0.1, -0.05) is 0 Å². The number of hydrogen-bond acceptors (Lipinski definition) is 0. The van der Waals surface area contributed by atoms with Gasteiger partial charge in [-0.3, -0.25) is 0 Å². The molecule has 114 valence electrons. The van der Waals surface area contributed by atoms with Crippen molar-refractivity contribution in [2.45, 2.75) is 18.8 Å². The third-order valence-electron chi connectivity index (χ3n) is 4.84. The Hall–Kier alpha value is -0.817. The summed E-state index contributed by atoms with van der Waals surface area (Å²) in [6, 6.07) is 20.1. The van der Waals surface area contributed by atoms with Crippen LogP contribution in [0.3, 0.4) is 0 Å². The van der Waals surface area contributed by atoms with Gasteiger partial charge in [0.05, 0.1) is 0 Å². The molecule has 0 amide bonds. The van der Waals surface area contributed by atoms with E-state index in [0.717, 1.165) is 5.92 Å². The van der Waals surface area contributed by atoms with Gasteiger partial charge in [0.15, 0.2) is 0 Å². The number of para-hydroxylation sites is 1. The molecule has 5 rings (SSSR count). The van der Waals surface area contributed by atoms with Gasteiger partial charge in [-0.15, -0.1) is 0 Å². The number of halogens is 2. The number of aromatic nitrogens is 1. The first kappa shape index (κ1) is 17.0. The van der Waals surface area contributed by atoms with Gasteiger partial charge in [0.25, 0.3) is 0 Å². The quantitative estimate of drug-likeness (QED) is 0.504.